The Balaban J connectivity index is 0.000000284. The number of carboxylic acid groups (broad SMARTS) is 2. The SMILES string of the molecule is COc1ccc2ccn(CC(C)N)c2c1.O=C(O)C=CC(=O)O. The van der Waals surface area contributed by atoms with Gasteiger partial charge in [0, 0.05) is 37.0 Å². The third-order valence-corrected chi connectivity index (χ3v) is 2.83. The lowest BCUT2D eigenvalue weighted by Crippen LogP contribution is -2.21. The van der Waals surface area contributed by atoms with Crippen LogP contribution in [0.3, 0.4) is 0 Å². The van der Waals surface area contributed by atoms with Crippen LogP contribution in [-0.4, -0.2) is 39.9 Å². The van der Waals surface area contributed by atoms with Crippen LogP contribution < -0.4 is 10.5 Å². The van der Waals surface area contributed by atoms with Crippen LogP contribution in [0.25, 0.3) is 10.9 Å². The van der Waals surface area contributed by atoms with Gasteiger partial charge in [-0.25, -0.2) is 9.59 Å². The van der Waals surface area contributed by atoms with Crippen molar-refractivity contribution in [3.63, 3.8) is 0 Å². The van der Waals surface area contributed by atoms with Gasteiger partial charge in [0.05, 0.1) is 12.6 Å². The molecule has 1 unspecified atom stereocenters. The molecule has 1 heterocycles. The van der Waals surface area contributed by atoms with Crippen molar-refractivity contribution in [3.8, 4) is 5.75 Å². The third-order valence-electron chi connectivity index (χ3n) is 2.83. The molecule has 0 saturated heterocycles. The fraction of sp³-hybridized carbons (Fsp3) is 0.250. The number of aliphatic carboxylic acids is 2. The van der Waals surface area contributed by atoms with Crippen molar-refractivity contribution >= 4 is 22.8 Å². The second kappa shape index (κ2) is 8.60. The summed E-state index contributed by atoms with van der Waals surface area (Å²) in [4.78, 5) is 19.1. The van der Waals surface area contributed by atoms with E-state index in [9.17, 15) is 9.59 Å². The highest BCUT2D eigenvalue weighted by atomic mass is 16.5. The third kappa shape index (κ3) is 6.23. The maximum atomic E-state index is 9.55. The molecular formula is C16H20N2O5. The second-order valence-corrected chi connectivity index (χ2v) is 4.88. The van der Waals surface area contributed by atoms with Crippen LogP contribution in [0.5, 0.6) is 5.75 Å². The number of carboxylic acids is 2. The van der Waals surface area contributed by atoms with E-state index >= 15 is 0 Å². The van der Waals surface area contributed by atoms with E-state index in [-0.39, 0.29) is 6.04 Å². The van der Waals surface area contributed by atoms with Crippen molar-refractivity contribution in [2.75, 3.05) is 7.11 Å². The summed E-state index contributed by atoms with van der Waals surface area (Å²) in [6.07, 6.45) is 3.18. The molecule has 0 saturated carbocycles. The summed E-state index contributed by atoms with van der Waals surface area (Å²) in [5, 5.41) is 16.8. The number of carbonyl (C=O) groups is 2. The van der Waals surface area contributed by atoms with Gasteiger partial charge in [-0.05, 0) is 30.5 Å². The van der Waals surface area contributed by atoms with Crippen molar-refractivity contribution in [3.05, 3.63) is 42.6 Å². The van der Waals surface area contributed by atoms with Gasteiger partial charge in [0.15, 0.2) is 0 Å². The minimum absolute atomic E-state index is 0.159. The van der Waals surface area contributed by atoms with Gasteiger partial charge in [-0.15, -0.1) is 0 Å². The summed E-state index contributed by atoms with van der Waals surface area (Å²) >= 11 is 0. The minimum atomic E-state index is -1.26. The lowest BCUT2D eigenvalue weighted by Gasteiger charge is -2.09. The van der Waals surface area contributed by atoms with Gasteiger partial charge < -0.3 is 25.3 Å². The molecule has 0 fully saturated rings. The standard InChI is InChI=1S/C12H16N2O.C4H4O4/c1-9(13)8-14-6-5-10-3-4-11(15-2)7-12(10)14;5-3(6)1-2-4(7)8/h3-7,9H,8,13H2,1-2H3;1-2H,(H,5,6)(H,7,8). The van der Waals surface area contributed by atoms with Crippen LogP contribution in [0.4, 0.5) is 0 Å². The van der Waals surface area contributed by atoms with Gasteiger partial charge in [0.25, 0.3) is 0 Å². The molecule has 4 N–H and O–H groups in total. The monoisotopic (exact) mass is 320 g/mol. The number of fused-ring (bicyclic) bond motifs is 1. The highest BCUT2D eigenvalue weighted by Gasteiger charge is 2.04. The van der Waals surface area contributed by atoms with Crippen LogP contribution in [0.1, 0.15) is 6.92 Å². The fourth-order valence-electron chi connectivity index (χ4n) is 1.90. The van der Waals surface area contributed by atoms with Gasteiger partial charge in [-0.1, -0.05) is 0 Å². The number of rotatable bonds is 5. The summed E-state index contributed by atoms with van der Waals surface area (Å²) in [6, 6.07) is 8.33. The predicted octanol–water partition coefficient (Wildman–Crippen LogP) is 1.71. The Kier molecular flexibility index (Phi) is 6.82. The van der Waals surface area contributed by atoms with E-state index < -0.39 is 11.9 Å². The number of benzene rings is 1. The molecule has 1 aromatic carbocycles. The summed E-state index contributed by atoms with van der Waals surface area (Å²) in [5.74, 6) is -1.63. The topological polar surface area (TPSA) is 115 Å². The zero-order chi connectivity index (χ0) is 17.4. The van der Waals surface area contributed by atoms with E-state index in [0.29, 0.717) is 12.2 Å². The first-order valence-corrected chi connectivity index (χ1v) is 6.86. The Morgan fingerprint density at radius 1 is 1.26 bits per heavy atom. The van der Waals surface area contributed by atoms with Gasteiger partial charge in [0.1, 0.15) is 5.75 Å². The molecule has 1 aromatic heterocycles. The molecule has 0 bridgehead atoms. The van der Waals surface area contributed by atoms with Crippen LogP contribution >= 0.6 is 0 Å². The van der Waals surface area contributed by atoms with Gasteiger partial charge >= 0.3 is 11.9 Å². The molecule has 0 aliphatic carbocycles. The lowest BCUT2D eigenvalue weighted by molar-refractivity contribution is -0.134. The maximum Gasteiger partial charge on any atom is 0.328 e. The second-order valence-electron chi connectivity index (χ2n) is 4.88. The number of nitrogens with zero attached hydrogens (tertiary/aromatic N) is 1. The largest absolute Gasteiger partial charge is 0.497 e. The van der Waals surface area contributed by atoms with Crippen molar-refractivity contribution in [1.29, 1.82) is 0 Å². The summed E-state index contributed by atoms with van der Waals surface area (Å²) in [6.45, 7) is 2.84. The summed E-state index contributed by atoms with van der Waals surface area (Å²) in [5.41, 5.74) is 6.97. The summed E-state index contributed by atoms with van der Waals surface area (Å²) in [7, 11) is 1.68. The Bertz CT molecular complexity index is 688. The number of ether oxygens (including phenoxy) is 1. The summed E-state index contributed by atoms with van der Waals surface area (Å²) < 4.78 is 7.36. The average molecular weight is 320 g/mol. The van der Waals surface area contributed by atoms with E-state index in [1.807, 2.05) is 19.1 Å². The van der Waals surface area contributed by atoms with Crippen LogP contribution in [0.2, 0.25) is 0 Å². The molecule has 0 radical (unpaired) electrons. The van der Waals surface area contributed by atoms with E-state index in [2.05, 4.69) is 22.9 Å². The molecule has 0 aliphatic rings. The molecule has 23 heavy (non-hydrogen) atoms. The van der Waals surface area contributed by atoms with Crippen LogP contribution in [0, 0.1) is 0 Å². The Hall–Kier alpha value is -2.80. The highest BCUT2D eigenvalue weighted by Crippen LogP contribution is 2.21. The molecule has 7 nitrogen and oxygen atoms in total. The number of methoxy groups -OCH3 is 1. The normalized spacial score (nSPS) is 11.8. The van der Waals surface area contributed by atoms with Crippen molar-refractivity contribution in [2.45, 2.75) is 19.5 Å². The number of hydrogen-bond acceptors (Lipinski definition) is 4. The van der Waals surface area contributed by atoms with Crippen LogP contribution in [-0.2, 0) is 16.1 Å². The molecule has 1 atom stereocenters. The maximum absolute atomic E-state index is 9.55. The highest BCUT2D eigenvalue weighted by molar-refractivity contribution is 5.89. The molecule has 2 rings (SSSR count). The van der Waals surface area contributed by atoms with E-state index in [1.165, 1.54) is 10.9 Å². The first-order chi connectivity index (χ1) is 10.8. The number of nitrogens with two attached hydrogens (primary N) is 1. The minimum Gasteiger partial charge on any atom is -0.497 e. The van der Waals surface area contributed by atoms with E-state index in [0.717, 1.165) is 12.3 Å². The first-order valence-electron chi connectivity index (χ1n) is 6.86. The number of aromatic nitrogens is 1. The fourth-order valence-corrected chi connectivity index (χ4v) is 1.90. The Labute approximate surface area is 133 Å². The molecule has 124 valence electrons. The number of hydrogen-bond donors (Lipinski definition) is 3. The molecular weight excluding hydrogens is 300 g/mol. The predicted molar refractivity (Wildman–Crippen MR) is 86.6 cm³/mol. The molecule has 2 aromatic rings. The molecule has 0 aliphatic heterocycles. The molecule has 0 amide bonds. The van der Waals surface area contributed by atoms with Crippen molar-refractivity contribution < 1.29 is 24.5 Å². The van der Waals surface area contributed by atoms with Crippen molar-refractivity contribution in [1.82, 2.24) is 4.57 Å². The average Bonchev–Trinajstić information content (AvgIpc) is 2.87. The first kappa shape index (κ1) is 18.2. The van der Waals surface area contributed by atoms with Gasteiger partial charge in [-0.3, -0.25) is 0 Å². The lowest BCUT2D eigenvalue weighted by atomic mass is 10.2. The van der Waals surface area contributed by atoms with E-state index in [1.54, 1.807) is 7.11 Å². The van der Waals surface area contributed by atoms with Crippen molar-refractivity contribution in [2.24, 2.45) is 5.73 Å². The molecule has 0 spiro atoms. The Morgan fingerprint density at radius 3 is 2.35 bits per heavy atom. The Morgan fingerprint density at radius 2 is 1.87 bits per heavy atom. The quantitative estimate of drug-likeness (QED) is 0.722. The van der Waals surface area contributed by atoms with Crippen LogP contribution in [0.15, 0.2) is 42.6 Å². The van der Waals surface area contributed by atoms with E-state index in [4.69, 9.17) is 20.7 Å². The zero-order valence-corrected chi connectivity index (χ0v) is 13.0. The molecule has 7 heteroatoms. The smallest absolute Gasteiger partial charge is 0.328 e. The van der Waals surface area contributed by atoms with Gasteiger partial charge in [-0.2, -0.15) is 0 Å². The van der Waals surface area contributed by atoms with Gasteiger partial charge in [0.2, 0.25) is 0 Å². The zero-order valence-electron chi connectivity index (χ0n) is 13.0.